The molecule has 4 nitrogen and oxygen atoms in total. The van der Waals surface area contributed by atoms with Crippen LogP contribution in [0.25, 0.3) is 11.1 Å². The van der Waals surface area contributed by atoms with Crippen LogP contribution in [0.1, 0.15) is 10.7 Å². The highest BCUT2D eigenvalue weighted by atomic mass is 16.5. The van der Waals surface area contributed by atoms with E-state index in [-0.39, 0.29) is 5.89 Å². The van der Waals surface area contributed by atoms with Gasteiger partial charge in [0.15, 0.2) is 5.58 Å². The fourth-order valence-electron chi connectivity index (χ4n) is 1.10. The fourth-order valence-corrected chi connectivity index (χ4v) is 1.10. The summed E-state index contributed by atoms with van der Waals surface area (Å²) in [4.78, 5) is 14.3. The smallest absolute Gasteiger partial charge is 0.260 e. The fraction of sp³-hybridized carbons (Fsp3) is 0.111. The summed E-state index contributed by atoms with van der Waals surface area (Å²) in [6.45, 7) is 0. The number of oxazole rings is 1. The van der Waals surface area contributed by atoms with Crippen LogP contribution in [0.2, 0.25) is 0 Å². The van der Waals surface area contributed by atoms with Crippen molar-refractivity contribution in [2.24, 2.45) is 0 Å². The largest absolute Gasteiger partial charge is 0.497 e. The molecule has 0 atom stereocenters. The van der Waals surface area contributed by atoms with Crippen molar-refractivity contribution >= 4 is 17.4 Å². The van der Waals surface area contributed by atoms with Gasteiger partial charge >= 0.3 is 0 Å². The highest BCUT2D eigenvalue weighted by molar-refractivity contribution is 5.79. The molecular weight excluding hydrogens is 170 g/mol. The van der Waals surface area contributed by atoms with Crippen molar-refractivity contribution in [1.82, 2.24) is 4.98 Å². The molecule has 2 aromatic rings. The first-order valence-electron chi connectivity index (χ1n) is 3.73. The number of carbonyl (C=O) groups excluding carboxylic acids is 1. The third-order valence-corrected chi connectivity index (χ3v) is 1.71. The van der Waals surface area contributed by atoms with Gasteiger partial charge in [0.25, 0.3) is 5.89 Å². The number of hydrogen-bond donors (Lipinski definition) is 0. The Bertz CT molecular complexity index is 447. The van der Waals surface area contributed by atoms with Crippen LogP contribution in [0.15, 0.2) is 22.6 Å². The zero-order valence-electron chi connectivity index (χ0n) is 6.98. The summed E-state index contributed by atoms with van der Waals surface area (Å²) in [5.74, 6) is 0.779. The Morgan fingerprint density at radius 1 is 1.54 bits per heavy atom. The van der Waals surface area contributed by atoms with Crippen molar-refractivity contribution in [3.05, 3.63) is 24.1 Å². The number of carbonyl (C=O) groups is 1. The maximum atomic E-state index is 10.3. The second-order valence-corrected chi connectivity index (χ2v) is 2.50. The Labute approximate surface area is 74.1 Å². The second kappa shape index (κ2) is 2.90. The quantitative estimate of drug-likeness (QED) is 0.654. The third kappa shape index (κ3) is 1.26. The van der Waals surface area contributed by atoms with Gasteiger partial charge in [-0.25, -0.2) is 4.98 Å². The van der Waals surface area contributed by atoms with Crippen molar-refractivity contribution in [3.63, 3.8) is 0 Å². The molecule has 1 heterocycles. The standard InChI is InChI=1S/C9H7NO3/c1-12-6-2-3-8-7(4-6)10-9(5-11)13-8/h2-5H,1H3. The molecule has 0 fully saturated rings. The van der Waals surface area contributed by atoms with E-state index in [0.717, 1.165) is 0 Å². The van der Waals surface area contributed by atoms with Gasteiger partial charge in [-0.05, 0) is 12.1 Å². The number of fused-ring (bicyclic) bond motifs is 1. The molecule has 0 amide bonds. The molecule has 2 rings (SSSR count). The molecule has 0 saturated heterocycles. The Kier molecular flexibility index (Phi) is 1.73. The van der Waals surface area contributed by atoms with Crippen LogP contribution in [-0.4, -0.2) is 18.4 Å². The lowest BCUT2D eigenvalue weighted by molar-refractivity contribution is 0.109. The van der Waals surface area contributed by atoms with Crippen LogP contribution in [0, 0.1) is 0 Å². The monoisotopic (exact) mass is 177 g/mol. The van der Waals surface area contributed by atoms with Gasteiger partial charge in [-0.1, -0.05) is 0 Å². The van der Waals surface area contributed by atoms with Gasteiger partial charge in [-0.2, -0.15) is 0 Å². The summed E-state index contributed by atoms with van der Waals surface area (Å²) in [6.07, 6.45) is 0.576. The van der Waals surface area contributed by atoms with Gasteiger partial charge in [-0.15, -0.1) is 0 Å². The summed E-state index contributed by atoms with van der Waals surface area (Å²) >= 11 is 0. The lowest BCUT2D eigenvalue weighted by atomic mass is 10.3. The molecule has 0 aliphatic rings. The first kappa shape index (κ1) is 7.79. The maximum Gasteiger partial charge on any atom is 0.260 e. The molecular formula is C9H7NO3. The number of aldehydes is 1. The molecule has 0 bridgehead atoms. The molecule has 66 valence electrons. The number of aromatic nitrogens is 1. The van der Waals surface area contributed by atoms with Crippen molar-refractivity contribution in [2.45, 2.75) is 0 Å². The average molecular weight is 177 g/mol. The molecule has 1 aromatic heterocycles. The Balaban J connectivity index is 2.63. The van der Waals surface area contributed by atoms with Gasteiger partial charge in [0.1, 0.15) is 11.3 Å². The van der Waals surface area contributed by atoms with Crippen molar-refractivity contribution < 1.29 is 13.9 Å². The van der Waals surface area contributed by atoms with Crippen LogP contribution in [0.4, 0.5) is 0 Å². The first-order chi connectivity index (χ1) is 6.33. The summed E-state index contributed by atoms with van der Waals surface area (Å²) in [6, 6.07) is 5.18. The van der Waals surface area contributed by atoms with Gasteiger partial charge in [0.05, 0.1) is 7.11 Å². The lowest BCUT2D eigenvalue weighted by Crippen LogP contribution is -1.81. The summed E-state index contributed by atoms with van der Waals surface area (Å²) in [7, 11) is 1.57. The number of rotatable bonds is 2. The van der Waals surface area contributed by atoms with Crippen molar-refractivity contribution in [3.8, 4) is 5.75 Å². The minimum Gasteiger partial charge on any atom is -0.497 e. The number of benzene rings is 1. The Morgan fingerprint density at radius 3 is 3.08 bits per heavy atom. The van der Waals surface area contributed by atoms with Gasteiger partial charge < -0.3 is 9.15 Å². The van der Waals surface area contributed by atoms with E-state index in [1.807, 2.05) is 0 Å². The number of methoxy groups -OCH3 is 1. The van der Waals surface area contributed by atoms with Crippen LogP contribution in [-0.2, 0) is 0 Å². The Hall–Kier alpha value is -1.84. The summed E-state index contributed by atoms with van der Waals surface area (Å²) < 4.78 is 10.1. The molecule has 0 spiro atoms. The topological polar surface area (TPSA) is 52.3 Å². The van der Waals surface area contributed by atoms with E-state index in [9.17, 15) is 4.79 Å². The Morgan fingerprint density at radius 2 is 2.38 bits per heavy atom. The van der Waals surface area contributed by atoms with E-state index < -0.39 is 0 Å². The normalized spacial score (nSPS) is 10.2. The SMILES string of the molecule is COc1ccc2oc(C=O)nc2c1. The van der Waals surface area contributed by atoms with Crippen LogP contribution in [0.3, 0.4) is 0 Å². The molecule has 0 unspecified atom stereocenters. The molecule has 4 heteroatoms. The predicted octanol–water partition coefficient (Wildman–Crippen LogP) is 1.65. The minimum atomic E-state index is 0.0863. The van der Waals surface area contributed by atoms with E-state index in [2.05, 4.69) is 4.98 Å². The first-order valence-corrected chi connectivity index (χ1v) is 3.73. The average Bonchev–Trinajstić information content (AvgIpc) is 2.58. The van der Waals surface area contributed by atoms with E-state index in [4.69, 9.17) is 9.15 Å². The van der Waals surface area contributed by atoms with Gasteiger partial charge in [0.2, 0.25) is 6.29 Å². The zero-order chi connectivity index (χ0) is 9.26. The van der Waals surface area contributed by atoms with Crippen LogP contribution in [0.5, 0.6) is 5.75 Å². The number of hydrogen-bond acceptors (Lipinski definition) is 4. The molecule has 0 radical (unpaired) electrons. The second-order valence-electron chi connectivity index (χ2n) is 2.50. The van der Waals surface area contributed by atoms with Crippen molar-refractivity contribution in [1.29, 1.82) is 0 Å². The number of ether oxygens (including phenoxy) is 1. The lowest BCUT2D eigenvalue weighted by Gasteiger charge is -1.95. The molecule has 0 aliphatic carbocycles. The van der Waals surface area contributed by atoms with E-state index in [0.29, 0.717) is 23.1 Å². The minimum absolute atomic E-state index is 0.0863. The third-order valence-electron chi connectivity index (χ3n) is 1.71. The molecule has 0 N–H and O–H groups in total. The molecule has 1 aromatic carbocycles. The van der Waals surface area contributed by atoms with Crippen LogP contribution >= 0.6 is 0 Å². The van der Waals surface area contributed by atoms with E-state index in [1.165, 1.54) is 0 Å². The highest BCUT2D eigenvalue weighted by Crippen LogP contribution is 2.20. The van der Waals surface area contributed by atoms with Gasteiger partial charge in [0, 0.05) is 6.07 Å². The predicted molar refractivity (Wildman–Crippen MR) is 45.9 cm³/mol. The van der Waals surface area contributed by atoms with E-state index >= 15 is 0 Å². The summed E-state index contributed by atoms with van der Waals surface area (Å²) in [5, 5.41) is 0. The molecule has 13 heavy (non-hydrogen) atoms. The summed E-state index contributed by atoms with van der Waals surface area (Å²) in [5.41, 5.74) is 1.21. The molecule has 0 aliphatic heterocycles. The van der Waals surface area contributed by atoms with E-state index in [1.54, 1.807) is 25.3 Å². The van der Waals surface area contributed by atoms with Gasteiger partial charge in [-0.3, -0.25) is 4.79 Å². The van der Waals surface area contributed by atoms with Crippen molar-refractivity contribution in [2.75, 3.05) is 7.11 Å². The molecule has 0 saturated carbocycles. The maximum absolute atomic E-state index is 10.3. The highest BCUT2D eigenvalue weighted by Gasteiger charge is 2.04. The number of nitrogens with zero attached hydrogens (tertiary/aromatic N) is 1. The zero-order valence-corrected chi connectivity index (χ0v) is 6.98. The van der Waals surface area contributed by atoms with Crippen LogP contribution < -0.4 is 4.74 Å².